The van der Waals surface area contributed by atoms with Gasteiger partial charge in [0.2, 0.25) is 0 Å². The first-order chi connectivity index (χ1) is 7.81. The molecule has 0 spiro atoms. The van der Waals surface area contributed by atoms with Gasteiger partial charge in [0.05, 0.1) is 6.07 Å². The molecule has 0 aromatic carbocycles. The van der Waals surface area contributed by atoms with Gasteiger partial charge in [-0.3, -0.25) is 4.90 Å². The summed E-state index contributed by atoms with van der Waals surface area (Å²) in [6.45, 7) is 6.78. The number of nitrogens with zero attached hydrogens (tertiary/aromatic N) is 2. The normalized spacial score (nSPS) is 17.4. The predicted octanol–water partition coefficient (Wildman–Crippen LogP) is 3.58. The van der Waals surface area contributed by atoms with Gasteiger partial charge in [-0.25, -0.2) is 0 Å². The van der Waals surface area contributed by atoms with Gasteiger partial charge in [-0.2, -0.15) is 5.26 Å². The van der Waals surface area contributed by atoms with Crippen molar-refractivity contribution >= 4 is 0 Å². The lowest BCUT2D eigenvalue weighted by Gasteiger charge is -2.26. The molecule has 16 heavy (non-hydrogen) atoms. The first-order valence-corrected chi connectivity index (χ1v) is 6.92. The molecule has 1 rings (SSSR count). The monoisotopic (exact) mass is 222 g/mol. The summed E-state index contributed by atoms with van der Waals surface area (Å²) < 4.78 is 0. The Kier molecular flexibility index (Phi) is 6.49. The maximum atomic E-state index is 8.67. The molecule has 0 amide bonds. The molecule has 2 nitrogen and oxygen atoms in total. The van der Waals surface area contributed by atoms with E-state index in [1.54, 1.807) is 0 Å². The summed E-state index contributed by atoms with van der Waals surface area (Å²) in [6.07, 6.45) is 8.72. The maximum Gasteiger partial charge on any atom is 0.0635 e. The van der Waals surface area contributed by atoms with Gasteiger partial charge < -0.3 is 0 Å². The van der Waals surface area contributed by atoms with Crippen molar-refractivity contribution in [3.8, 4) is 6.07 Å². The molecule has 2 heteroatoms. The van der Waals surface area contributed by atoms with E-state index in [4.69, 9.17) is 5.26 Å². The highest BCUT2D eigenvalue weighted by atomic mass is 15.2. The average Bonchev–Trinajstić information content (AvgIpc) is 3.12. The minimum Gasteiger partial charge on any atom is -0.299 e. The number of hydrogen-bond donors (Lipinski definition) is 0. The molecule has 1 saturated carbocycles. The maximum absolute atomic E-state index is 8.67. The zero-order valence-corrected chi connectivity index (χ0v) is 10.9. The Bertz CT molecular complexity index is 215. The van der Waals surface area contributed by atoms with Gasteiger partial charge in [0.1, 0.15) is 0 Å². The molecule has 0 radical (unpaired) electrons. The minimum absolute atomic E-state index is 0.695. The van der Waals surface area contributed by atoms with Crippen molar-refractivity contribution in [2.45, 2.75) is 64.8 Å². The molecule has 1 atom stereocenters. The first kappa shape index (κ1) is 13.5. The van der Waals surface area contributed by atoms with E-state index in [2.05, 4.69) is 24.8 Å². The van der Waals surface area contributed by atoms with Crippen LogP contribution in [0.2, 0.25) is 0 Å². The molecule has 0 saturated heterocycles. The van der Waals surface area contributed by atoms with Crippen LogP contribution in [0.5, 0.6) is 0 Å². The van der Waals surface area contributed by atoms with Gasteiger partial charge >= 0.3 is 0 Å². The van der Waals surface area contributed by atoms with Gasteiger partial charge in [0, 0.05) is 25.6 Å². The topological polar surface area (TPSA) is 27.0 Å². The fourth-order valence-corrected chi connectivity index (χ4v) is 2.31. The average molecular weight is 222 g/mol. The van der Waals surface area contributed by atoms with Gasteiger partial charge in [-0.15, -0.1) is 0 Å². The third kappa shape index (κ3) is 4.99. The third-order valence-electron chi connectivity index (χ3n) is 3.61. The molecular formula is C14H26N2. The standard InChI is InChI=1S/C14H26N2/c1-3-5-7-13(4-2)12-16(11-6-10-15)14-8-9-14/h13-14H,3-9,11-12H2,1-2H3. The highest BCUT2D eigenvalue weighted by Crippen LogP contribution is 2.28. The molecule has 92 valence electrons. The second kappa shape index (κ2) is 7.68. The lowest BCUT2D eigenvalue weighted by Crippen LogP contribution is -2.32. The molecule has 1 aliphatic rings. The number of unbranched alkanes of at least 4 members (excludes halogenated alkanes) is 1. The fraction of sp³-hybridized carbons (Fsp3) is 0.929. The van der Waals surface area contributed by atoms with Crippen LogP contribution in [0.1, 0.15) is 58.8 Å². The number of rotatable bonds is 9. The van der Waals surface area contributed by atoms with E-state index in [-0.39, 0.29) is 0 Å². The summed E-state index contributed by atoms with van der Waals surface area (Å²) in [6, 6.07) is 3.08. The molecule has 1 unspecified atom stereocenters. The molecule has 0 heterocycles. The Balaban J connectivity index is 2.30. The molecule has 0 bridgehead atoms. The van der Waals surface area contributed by atoms with Crippen LogP contribution in [-0.2, 0) is 0 Å². The van der Waals surface area contributed by atoms with Crippen LogP contribution in [0.15, 0.2) is 0 Å². The second-order valence-electron chi connectivity index (χ2n) is 5.05. The Morgan fingerprint density at radius 1 is 1.38 bits per heavy atom. The molecule has 0 N–H and O–H groups in total. The second-order valence-corrected chi connectivity index (χ2v) is 5.05. The van der Waals surface area contributed by atoms with E-state index >= 15 is 0 Å². The van der Waals surface area contributed by atoms with Crippen molar-refractivity contribution in [1.82, 2.24) is 4.90 Å². The predicted molar refractivity (Wildman–Crippen MR) is 68.1 cm³/mol. The van der Waals surface area contributed by atoms with Crippen LogP contribution in [0.4, 0.5) is 0 Å². The highest BCUT2D eigenvalue weighted by molar-refractivity contribution is 4.87. The van der Waals surface area contributed by atoms with Gasteiger partial charge in [0.15, 0.2) is 0 Å². The summed E-state index contributed by atoms with van der Waals surface area (Å²) in [5.74, 6) is 0.847. The molecule has 0 aromatic rings. The Morgan fingerprint density at radius 2 is 2.12 bits per heavy atom. The third-order valence-corrected chi connectivity index (χ3v) is 3.61. The molecule has 0 aliphatic heterocycles. The van der Waals surface area contributed by atoms with Crippen LogP contribution in [0, 0.1) is 17.2 Å². The van der Waals surface area contributed by atoms with Crippen molar-refractivity contribution in [2.75, 3.05) is 13.1 Å². The van der Waals surface area contributed by atoms with Crippen molar-refractivity contribution < 1.29 is 0 Å². The number of hydrogen-bond acceptors (Lipinski definition) is 2. The molecule has 1 aliphatic carbocycles. The van der Waals surface area contributed by atoms with Crippen molar-refractivity contribution in [1.29, 1.82) is 5.26 Å². The van der Waals surface area contributed by atoms with Crippen LogP contribution < -0.4 is 0 Å². The Morgan fingerprint density at radius 3 is 2.62 bits per heavy atom. The van der Waals surface area contributed by atoms with E-state index in [1.165, 1.54) is 45.1 Å². The van der Waals surface area contributed by atoms with Crippen molar-refractivity contribution in [3.63, 3.8) is 0 Å². The van der Waals surface area contributed by atoms with E-state index < -0.39 is 0 Å². The molecule has 1 fully saturated rings. The summed E-state index contributed by atoms with van der Waals surface area (Å²) in [7, 11) is 0. The van der Waals surface area contributed by atoms with Crippen LogP contribution >= 0.6 is 0 Å². The SMILES string of the molecule is CCCCC(CC)CN(CCC#N)C1CC1. The first-order valence-electron chi connectivity index (χ1n) is 6.92. The van der Waals surface area contributed by atoms with E-state index in [1.807, 2.05) is 0 Å². The fourth-order valence-electron chi connectivity index (χ4n) is 2.31. The summed E-state index contributed by atoms with van der Waals surface area (Å²) >= 11 is 0. The Hall–Kier alpha value is -0.550. The summed E-state index contributed by atoms with van der Waals surface area (Å²) in [4.78, 5) is 2.56. The van der Waals surface area contributed by atoms with E-state index in [9.17, 15) is 0 Å². The minimum atomic E-state index is 0.695. The van der Waals surface area contributed by atoms with Gasteiger partial charge in [-0.1, -0.05) is 33.1 Å². The molecular weight excluding hydrogens is 196 g/mol. The van der Waals surface area contributed by atoms with Crippen molar-refractivity contribution in [3.05, 3.63) is 0 Å². The van der Waals surface area contributed by atoms with Crippen molar-refractivity contribution in [2.24, 2.45) is 5.92 Å². The lowest BCUT2D eigenvalue weighted by molar-refractivity contribution is 0.214. The summed E-state index contributed by atoms with van der Waals surface area (Å²) in [5, 5.41) is 8.67. The van der Waals surface area contributed by atoms with Gasteiger partial charge in [0.25, 0.3) is 0 Å². The zero-order valence-electron chi connectivity index (χ0n) is 10.9. The van der Waals surface area contributed by atoms with E-state index in [0.29, 0.717) is 6.42 Å². The quantitative estimate of drug-likeness (QED) is 0.596. The van der Waals surface area contributed by atoms with Crippen LogP contribution in [-0.4, -0.2) is 24.0 Å². The largest absolute Gasteiger partial charge is 0.299 e. The van der Waals surface area contributed by atoms with Crippen LogP contribution in [0.25, 0.3) is 0 Å². The van der Waals surface area contributed by atoms with Crippen LogP contribution in [0.3, 0.4) is 0 Å². The highest BCUT2D eigenvalue weighted by Gasteiger charge is 2.29. The smallest absolute Gasteiger partial charge is 0.0635 e. The Labute approximate surface area is 101 Å². The van der Waals surface area contributed by atoms with Gasteiger partial charge in [-0.05, 0) is 25.2 Å². The lowest BCUT2D eigenvalue weighted by atomic mass is 9.98. The summed E-state index contributed by atoms with van der Waals surface area (Å²) in [5.41, 5.74) is 0. The number of nitriles is 1. The zero-order chi connectivity index (χ0) is 11.8. The molecule has 0 aromatic heterocycles. The van der Waals surface area contributed by atoms with E-state index in [0.717, 1.165) is 18.5 Å².